The van der Waals surface area contributed by atoms with Crippen LogP contribution in [-0.2, 0) is 11.3 Å². The van der Waals surface area contributed by atoms with E-state index in [9.17, 15) is 9.59 Å². The van der Waals surface area contributed by atoms with Crippen LogP contribution < -0.4 is 16.5 Å². The molecule has 0 spiro atoms. The largest absolute Gasteiger partial charge is 0.339 e. The molecule has 0 aliphatic heterocycles. The molecule has 144 valence electrons. The van der Waals surface area contributed by atoms with Gasteiger partial charge in [0.2, 0.25) is 0 Å². The van der Waals surface area contributed by atoms with Gasteiger partial charge in [0.25, 0.3) is 11.8 Å². The summed E-state index contributed by atoms with van der Waals surface area (Å²) in [7, 11) is 2.08. The molecule has 0 saturated heterocycles. The first-order chi connectivity index (χ1) is 13.0. The van der Waals surface area contributed by atoms with Crippen molar-refractivity contribution >= 4 is 11.8 Å². The molecular weight excluding hydrogens is 344 g/mol. The van der Waals surface area contributed by atoms with Crippen molar-refractivity contribution in [3.8, 4) is 11.1 Å². The molecule has 0 aliphatic carbocycles. The first-order valence-corrected chi connectivity index (χ1v) is 8.81. The predicted molar refractivity (Wildman–Crippen MR) is 104 cm³/mol. The average Bonchev–Trinajstić information content (AvgIpc) is 2.71. The van der Waals surface area contributed by atoms with Crippen molar-refractivity contribution in [2.75, 3.05) is 20.1 Å². The first-order valence-electron chi connectivity index (χ1n) is 8.81. The van der Waals surface area contributed by atoms with Crippen molar-refractivity contribution in [2.45, 2.75) is 19.5 Å². The van der Waals surface area contributed by atoms with Gasteiger partial charge in [0.1, 0.15) is 6.04 Å². The van der Waals surface area contributed by atoms with Crippen LogP contribution in [0.15, 0.2) is 48.5 Å². The van der Waals surface area contributed by atoms with Gasteiger partial charge < -0.3 is 16.0 Å². The molecule has 0 saturated carbocycles. The highest BCUT2D eigenvalue weighted by Gasteiger charge is 2.19. The van der Waals surface area contributed by atoms with Crippen LogP contribution in [0.5, 0.6) is 0 Å². The summed E-state index contributed by atoms with van der Waals surface area (Å²) >= 11 is 0. The van der Waals surface area contributed by atoms with Gasteiger partial charge in [0, 0.05) is 18.7 Å². The van der Waals surface area contributed by atoms with Crippen LogP contribution in [0.2, 0.25) is 0 Å². The second-order valence-corrected chi connectivity index (χ2v) is 6.34. The molecule has 2 amide bonds. The highest BCUT2D eigenvalue weighted by molar-refractivity contribution is 5.97. The minimum absolute atomic E-state index is 0.115. The van der Waals surface area contributed by atoms with Crippen molar-refractivity contribution in [3.05, 3.63) is 59.7 Å². The molecule has 5 N–H and O–H groups in total. The van der Waals surface area contributed by atoms with Gasteiger partial charge in [-0.15, -0.1) is 0 Å². The Morgan fingerprint density at radius 1 is 1.07 bits per heavy atom. The number of carbonyl (C=O) groups is 2. The Morgan fingerprint density at radius 3 is 2.11 bits per heavy atom. The maximum Gasteiger partial charge on any atom is 0.267 e. The lowest BCUT2D eigenvalue weighted by molar-refractivity contribution is -0.130. The fraction of sp³-hybridized carbons (Fsp3) is 0.300. The zero-order chi connectivity index (χ0) is 19.8. The highest BCUT2D eigenvalue weighted by Crippen LogP contribution is 2.21. The number of carbonyl (C=O) groups excluding carboxylic acids is 2. The van der Waals surface area contributed by atoms with Crippen LogP contribution in [0, 0.1) is 0 Å². The molecule has 0 radical (unpaired) electrons. The smallest absolute Gasteiger partial charge is 0.267 e. The lowest BCUT2D eigenvalue weighted by Crippen LogP contribution is -2.50. The van der Waals surface area contributed by atoms with E-state index in [0.717, 1.165) is 24.2 Å². The number of nitrogens with one attached hydrogen (secondary N) is 2. The van der Waals surface area contributed by atoms with Gasteiger partial charge in [-0.1, -0.05) is 43.3 Å². The fourth-order valence-corrected chi connectivity index (χ4v) is 2.59. The number of nitrogens with zero attached hydrogens (tertiary/aromatic N) is 1. The van der Waals surface area contributed by atoms with Crippen LogP contribution in [0.1, 0.15) is 22.8 Å². The van der Waals surface area contributed by atoms with Crippen molar-refractivity contribution < 1.29 is 14.8 Å². The van der Waals surface area contributed by atoms with E-state index in [1.165, 1.54) is 11.0 Å². The summed E-state index contributed by atoms with van der Waals surface area (Å²) in [5.74, 6) is -1.19. The number of benzene rings is 2. The van der Waals surface area contributed by atoms with Crippen molar-refractivity contribution in [2.24, 2.45) is 5.73 Å². The molecular formula is C20H26N4O3. The lowest BCUT2D eigenvalue weighted by atomic mass is 10.0. The Bertz CT molecular complexity index is 760. The molecule has 2 aromatic carbocycles. The Labute approximate surface area is 159 Å². The second kappa shape index (κ2) is 9.82. The van der Waals surface area contributed by atoms with E-state index in [4.69, 9.17) is 10.9 Å². The third-order valence-corrected chi connectivity index (χ3v) is 4.39. The molecule has 1 atom stereocenters. The van der Waals surface area contributed by atoms with E-state index < -0.39 is 17.9 Å². The quantitative estimate of drug-likeness (QED) is 0.415. The van der Waals surface area contributed by atoms with Gasteiger partial charge in [-0.3, -0.25) is 14.8 Å². The predicted octanol–water partition coefficient (Wildman–Crippen LogP) is 1.37. The second-order valence-electron chi connectivity index (χ2n) is 6.34. The molecule has 27 heavy (non-hydrogen) atoms. The lowest BCUT2D eigenvalue weighted by Gasteiger charge is -2.15. The number of amides is 2. The molecule has 0 aromatic heterocycles. The van der Waals surface area contributed by atoms with Crippen molar-refractivity contribution in [3.63, 3.8) is 0 Å². The summed E-state index contributed by atoms with van der Waals surface area (Å²) in [5.41, 5.74) is 10.6. The molecule has 0 bridgehead atoms. The van der Waals surface area contributed by atoms with E-state index in [-0.39, 0.29) is 6.54 Å². The van der Waals surface area contributed by atoms with Crippen LogP contribution in [0.25, 0.3) is 11.1 Å². The van der Waals surface area contributed by atoms with Gasteiger partial charge >= 0.3 is 0 Å². The third kappa shape index (κ3) is 5.62. The van der Waals surface area contributed by atoms with Crippen molar-refractivity contribution in [1.29, 1.82) is 0 Å². The maximum atomic E-state index is 12.2. The number of nitrogens with two attached hydrogens (primary N) is 1. The number of hydrogen-bond acceptors (Lipinski definition) is 5. The molecule has 0 fully saturated rings. The van der Waals surface area contributed by atoms with Crippen molar-refractivity contribution in [1.82, 2.24) is 15.7 Å². The Kier molecular flexibility index (Phi) is 7.48. The minimum atomic E-state index is -0.990. The van der Waals surface area contributed by atoms with Crippen LogP contribution in [0.3, 0.4) is 0 Å². The van der Waals surface area contributed by atoms with Crippen LogP contribution >= 0.6 is 0 Å². The van der Waals surface area contributed by atoms with Gasteiger partial charge in [-0.2, -0.15) is 0 Å². The molecule has 7 heteroatoms. The summed E-state index contributed by atoms with van der Waals surface area (Å²) < 4.78 is 0. The zero-order valence-electron chi connectivity index (χ0n) is 15.6. The summed E-state index contributed by atoms with van der Waals surface area (Å²) in [6.07, 6.45) is 0. The topological polar surface area (TPSA) is 108 Å². The van der Waals surface area contributed by atoms with Gasteiger partial charge in [0.15, 0.2) is 0 Å². The van der Waals surface area contributed by atoms with E-state index in [1.807, 2.05) is 12.1 Å². The third-order valence-electron chi connectivity index (χ3n) is 4.39. The molecule has 0 heterocycles. The fourth-order valence-electron chi connectivity index (χ4n) is 2.59. The SMILES string of the molecule is CCN(C)Cc1ccc(-c2ccc(C(=O)N[C@@H](CN)C(=O)NO)cc2)cc1. The van der Waals surface area contributed by atoms with Gasteiger partial charge in [0.05, 0.1) is 0 Å². The van der Waals surface area contributed by atoms with Crippen LogP contribution in [-0.4, -0.2) is 48.1 Å². The van der Waals surface area contributed by atoms with Gasteiger partial charge in [-0.25, -0.2) is 5.48 Å². The van der Waals surface area contributed by atoms with E-state index in [0.29, 0.717) is 5.56 Å². The summed E-state index contributed by atoms with van der Waals surface area (Å²) in [4.78, 5) is 25.9. The normalized spacial score (nSPS) is 11.9. The molecule has 0 aliphatic rings. The number of hydroxylamine groups is 1. The molecule has 7 nitrogen and oxygen atoms in total. The monoisotopic (exact) mass is 370 g/mol. The van der Waals surface area contributed by atoms with E-state index >= 15 is 0 Å². The summed E-state index contributed by atoms with van der Waals surface area (Å²) in [5, 5.41) is 11.1. The summed E-state index contributed by atoms with van der Waals surface area (Å²) in [6.45, 7) is 3.91. The molecule has 2 aromatic rings. The first kappa shape index (κ1) is 20.6. The Hall–Kier alpha value is -2.74. The Morgan fingerprint density at radius 2 is 1.63 bits per heavy atom. The minimum Gasteiger partial charge on any atom is -0.339 e. The average molecular weight is 370 g/mol. The molecule has 2 rings (SSSR count). The van der Waals surface area contributed by atoms with Gasteiger partial charge in [-0.05, 0) is 42.4 Å². The van der Waals surface area contributed by atoms with Crippen LogP contribution in [0.4, 0.5) is 0 Å². The highest BCUT2D eigenvalue weighted by atomic mass is 16.5. The van der Waals surface area contributed by atoms with E-state index in [1.54, 1.807) is 12.1 Å². The van der Waals surface area contributed by atoms with E-state index in [2.05, 4.69) is 48.5 Å². The Balaban J connectivity index is 2.06. The summed E-state index contributed by atoms with van der Waals surface area (Å²) in [6, 6.07) is 14.4. The number of rotatable bonds is 8. The zero-order valence-corrected chi connectivity index (χ0v) is 15.6. The maximum absolute atomic E-state index is 12.2. The molecule has 0 unspecified atom stereocenters. The standard InChI is InChI=1S/C20H26N4O3/c1-3-24(2)13-14-4-6-15(7-5-14)16-8-10-17(11-9-16)19(25)22-18(12-21)20(26)23-27/h4-11,18,27H,3,12-13,21H2,1-2H3,(H,22,25)(H,23,26)/t18-/m0/s1. The number of hydrogen-bond donors (Lipinski definition) is 4.